The number of nitriles is 2. The fraction of sp³-hybridized carbons (Fsp3) is 0.375. The first-order chi connectivity index (χ1) is 10.2. The predicted octanol–water partition coefficient (Wildman–Crippen LogP) is 2.48. The third-order valence-electron chi connectivity index (χ3n) is 3.71. The molecular weight excluding hydrogens is 266 g/mol. The van der Waals surface area contributed by atoms with Gasteiger partial charge in [0.15, 0.2) is 5.41 Å². The summed E-state index contributed by atoms with van der Waals surface area (Å²) in [5.74, 6) is -0.763. The molecule has 1 heterocycles. The lowest BCUT2D eigenvalue weighted by Crippen LogP contribution is -2.30. The molecule has 1 unspecified atom stereocenters. The van der Waals surface area contributed by atoms with Crippen LogP contribution in [0.1, 0.15) is 31.2 Å². The summed E-state index contributed by atoms with van der Waals surface area (Å²) >= 11 is 0. The Bertz CT molecular complexity index is 624. The highest BCUT2D eigenvalue weighted by atomic mass is 16.5. The molecule has 21 heavy (non-hydrogen) atoms. The number of carbonyl (C=O) groups excluding carboxylic acids is 1. The van der Waals surface area contributed by atoms with Crippen molar-refractivity contribution in [3.8, 4) is 12.1 Å². The van der Waals surface area contributed by atoms with Crippen molar-refractivity contribution >= 4 is 5.97 Å². The fourth-order valence-corrected chi connectivity index (χ4v) is 2.55. The zero-order valence-corrected chi connectivity index (χ0v) is 11.7. The summed E-state index contributed by atoms with van der Waals surface area (Å²) in [6.45, 7) is 2.05. The maximum atomic E-state index is 11.9. The largest absolute Gasteiger partial charge is 0.463 e. The summed E-state index contributed by atoms with van der Waals surface area (Å²) in [5, 5.41) is 18.9. The first-order valence-electron chi connectivity index (χ1n) is 6.75. The molecule has 106 valence electrons. The van der Waals surface area contributed by atoms with Crippen LogP contribution >= 0.6 is 0 Å². The molecule has 0 bridgehead atoms. The maximum Gasteiger partial charge on any atom is 0.333 e. The first-order valence-corrected chi connectivity index (χ1v) is 6.75. The number of esters is 1. The Morgan fingerprint density at radius 3 is 2.86 bits per heavy atom. The van der Waals surface area contributed by atoms with E-state index in [4.69, 9.17) is 4.74 Å². The number of carbonyl (C=O) groups is 1. The Morgan fingerprint density at radius 2 is 2.29 bits per heavy atom. The van der Waals surface area contributed by atoms with Gasteiger partial charge in [-0.2, -0.15) is 10.5 Å². The molecule has 0 saturated carbocycles. The number of pyridine rings is 1. The molecular formula is C16H15N3O2. The fourth-order valence-electron chi connectivity index (χ4n) is 2.55. The van der Waals surface area contributed by atoms with Crippen LogP contribution in [0.5, 0.6) is 0 Å². The van der Waals surface area contributed by atoms with E-state index in [1.54, 1.807) is 31.5 Å². The minimum atomic E-state index is -1.17. The summed E-state index contributed by atoms with van der Waals surface area (Å²) in [4.78, 5) is 15.9. The first kappa shape index (κ1) is 14.7. The van der Waals surface area contributed by atoms with Gasteiger partial charge in [0.05, 0.1) is 18.7 Å². The average Bonchev–Trinajstić information content (AvgIpc) is 2.55. The zero-order chi connectivity index (χ0) is 15.3. The summed E-state index contributed by atoms with van der Waals surface area (Å²) in [7, 11) is 0. The molecule has 0 aliphatic heterocycles. The second-order valence-corrected chi connectivity index (χ2v) is 4.89. The van der Waals surface area contributed by atoms with E-state index < -0.39 is 5.41 Å². The van der Waals surface area contributed by atoms with Crippen molar-refractivity contribution in [3.63, 3.8) is 0 Å². The SMILES string of the molecule is CCOC(=O)C1=CCC(C#N)(C#N)C(c2cccnc2)C1. The van der Waals surface area contributed by atoms with E-state index in [0.29, 0.717) is 18.6 Å². The number of hydrogen-bond donors (Lipinski definition) is 0. The highest BCUT2D eigenvalue weighted by Gasteiger charge is 2.44. The predicted molar refractivity (Wildman–Crippen MR) is 74.6 cm³/mol. The molecule has 1 atom stereocenters. The molecule has 0 aromatic carbocycles. The third kappa shape index (κ3) is 2.78. The number of hydrogen-bond acceptors (Lipinski definition) is 5. The topological polar surface area (TPSA) is 86.8 Å². The average molecular weight is 281 g/mol. The van der Waals surface area contributed by atoms with E-state index in [2.05, 4.69) is 17.1 Å². The van der Waals surface area contributed by atoms with Crippen molar-refractivity contribution in [2.24, 2.45) is 5.41 Å². The maximum absolute atomic E-state index is 11.9. The lowest BCUT2D eigenvalue weighted by molar-refractivity contribution is -0.138. The van der Waals surface area contributed by atoms with Crippen LogP contribution in [-0.4, -0.2) is 17.6 Å². The Labute approximate surface area is 123 Å². The van der Waals surface area contributed by atoms with Crippen LogP contribution in [0, 0.1) is 28.1 Å². The van der Waals surface area contributed by atoms with Crippen LogP contribution in [0.15, 0.2) is 36.2 Å². The standard InChI is InChI=1S/C16H15N3O2/c1-2-21-15(20)12-5-6-16(10-17,11-18)14(8-12)13-4-3-7-19-9-13/h3-5,7,9,14H,2,6,8H2,1H3. The Balaban J connectivity index is 2.40. The van der Waals surface area contributed by atoms with Gasteiger partial charge in [0.25, 0.3) is 0 Å². The number of aromatic nitrogens is 1. The quantitative estimate of drug-likeness (QED) is 0.794. The lowest BCUT2D eigenvalue weighted by atomic mass is 9.66. The van der Waals surface area contributed by atoms with E-state index in [0.717, 1.165) is 5.56 Å². The molecule has 0 amide bonds. The van der Waals surface area contributed by atoms with Crippen molar-refractivity contribution < 1.29 is 9.53 Å². The van der Waals surface area contributed by atoms with Gasteiger partial charge < -0.3 is 4.74 Å². The van der Waals surface area contributed by atoms with Gasteiger partial charge in [-0.3, -0.25) is 4.98 Å². The van der Waals surface area contributed by atoms with Crippen LogP contribution in [0.3, 0.4) is 0 Å². The molecule has 0 fully saturated rings. The van der Waals surface area contributed by atoms with Crippen LogP contribution in [0.4, 0.5) is 0 Å². The van der Waals surface area contributed by atoms with Gasteiger partial charge in [-0.05, 0) is 31.4 Å². The van der Waals surface area contributed by atoms with Crippen LogP contribution in [-0.2, 0) is 9.53 Å². The second-order valence-electron chi connectivity index (χ2n) is 4.89. The summed E-state index contributed by atoms with van der Waals surface area (Å²) in [6.07, 6.45) is 5.45. The number of ether oxygens (including phenoxy) is 1. The monoisotopic (exact) mass is 281 g/mol. The molecule has 2 rings (SSSR count). The van der Waals surface area contributed by atoms with Crippen molar-refractivity contribution in [3.05, 3.63) is 41.7 Å². The smallest absolute Gasteiger partial charge is 0.333 e. The molecule has 1 aromatic rings. The van der Waals surface area contributed by atoms with E-state index >= 15 is 0 Å². The van der Waals surface area contributed by atoms with E-state index in [1.807, 2.05) is 6.07 Å². The molecule has 1 aromatic heterocycles. The van der Waals surface area contributed by atoms with Crippen molar-refractivity contribution in [2.75, 3.05) is 6.61 Å². The van der Waals surface area contributed by atoms with E-state index in [9.17, 15) is 15.3 Å². The van der Waals surface area contributed by atoms with Gasteiger partial charge >= 0.3 is 5.97 Å². The van der Waals surface area contributed by atoms with Gasteiger partial charge in [0.1, 0.15) is 0 Å². The molecule has 1 aliphatic carbocycles. The Kier molecular flexibility index (Phi) is 4.35. The highest BCUT2D eigenvalue weighted by molar-refractivity contribution is 5.89. The molecule has 1 aliphatic rings. The van der Waals surface area contributed by atoms with Gasteiger partial charge in [-0.1, -0.05) is 12.1 Å². The number of nitrogens with zero attached hydrogens (tertiary/aromatic N) is 3. The minimum Gasteiger partial charge on any atom is -0.463 e. The van der Waals surface area contributed by atoms with E-state index in [-0.39, 0.29) is 18.3 Å². The molecule has 5 nitrogen and oxygen atoms in total. The van der Waals surface area contributed by atoms with Gasteiger partial charge in [0.2, 0.25) is 0 Å². The molecule has 5 heteroatoms. The van der Waals surface area contributed by atoms with Gasteiger partial charge in [-0.25, -0.2) is 4.79 Å². The van der Waals surface area contributed by atoms with Crippen LogP contribution in [0.2, 0.25) is 0 Å². The Hall–Kier alpha value is -2.66. The molecule has 0 N–H and O–H groups in total. The van der Waals surface area contributed by atoms with E-state index in [1.165, 1.54) is 0 Å². The summed E-state index contributed by atoms with van der Waals surface area (Å²) < 4.78 is 5.01. The summed E-state index contributed by atoms with van der Waals surface area (Å²) in [6, 6.07) is 7.83. The second kappa shape index (κ2) is 6.19. The highest BCUT2D eigenvalue weighted by Crippen LogP contribution is 2.46. The van der Waals surface area contributed by atoms with Crippen molar-refractivity contribution in [1.82, 2.24) is 4.98 Å². The third-order valence-corrected chi connectivity index (χ3v) is 3.71. The molecule has 0 saturated heterocycles. The van der Waals surface area contributed by atoms with Gasteiger partial charge in [0, 0.05) is 23.9 Å². The summed E-state index contributed by atoms with van der Waals surface area (Å²) in [5.41, 5.74) is 0.140. The number of rotatable bonds is 3. The zero-order valence-electron chi connectivity index (χ0n) is 11.7. The molecule has 0 spiro atoms. The molecule has 0 radical (unpaired) electrons. The normalized spacial score (nSPS) is 19.8. The minimum absolute atomic E-state index is 0.216. The van der Waals surface area contributed by atoms with Crippen molar-refractivity contribution in [2.45, 2.75) is 25.7 Å². The Morgan fingerprint density at radius 1 is 1.52 bits per heavy atom. The number of allylic oxidation sites excluding steroid dienone is 1. The van der Waals surface area contributed by atoms with Crippen LogP contribution < -0.4 is 0 Å². The van der Waals surface area contributed by atoms with Crippen LogP contribution in [0.25, 0.3) is 0 Å². The lowest BCUT2D eigenvalue weighted by Gasteiger charge is -2.32. The van der Waals surface area contributed by atoms with Crippen molar-refractivity contribution in [1.29, 1.82) is 10.5 Å². The van der Waals surface area contributed by atoms with Gasteiger partial charge in [-0.15, -0.1) is 0 Å².